The first-order valence-corrected chi connectivity index (χ1v) is 8.54. The molecule has 2 fully saturated rings. The van der Waals surface area contributed by atoms with Crippen LogP contribution in [-0.4, -0.2) is 38.4 Å². The largest absolute Gasteiger partial charge is 0.329 e. The number of nitrogens with two attached hydrogens (primary N) is 1. The monoisotopic (exact) mass is 275 g/mol. The van der Waals surface area contributed by atoms with Crippen molar-refractivity contribution in [2.75, 3.05) is 19.6 Å². The van der Waals surface area contributed by atoms with Gasteiger partial charge in [-0.1, -0.05) is 19.3 Å². The quantitative estimate of drug-likeness (QED) is 0.676. The van der Waals surface area contributed by atoms with Crippen molar-refractivity contribution in [3.8, 4) is 0 Å². The smallest absolute Gasteiger partial charge is 0.279 e. The van der Waals surface area contributed by atoms with Crippen LogP contribution >= 0.6 is 0 Å². The minimum absolute atomic E-state index is 0.0142. The maximum atomic E-state index is 12.2. The molecule has 1 aliphatic carbocycles. The van der Waals surface area contributed by atoms with Crippen LogP contribution in [0.3, 0.4) is 0 Å². The lowest BCUT2D eigenvalue weighted by Gasteiger charge is -2.33. The average Bonchev–Trinajstić information content (AvgIpc) is 3.19. The minimum atomic E-state index is -3.32. The van der Waals surface area contributed by atoms with Crippen molar-refractivity contribution < 1.29 is 8.42 Å². The Hall–Kier alpha value is -0.170. The zero-order valence-corrected chi connectivity index (χ0v) is 11.8. The molecule has 1 atom stereocenters. The van der Waals surface area contributed by atoms with Crippen LogP contribution in [-0.2, 0) is 10.2 Å². The molecule has 2 aliphatic rings. The summed E-state index contributed by atoms with van der Waals surface area (Å²) in [6.07, 6.45) is 7.67. The second-order valence-corrected chi connectivity index (χ2v) is 7.19. The second kappa shape index (κ2) is 6.32. The van der Waals surface area contributed by atoms with Crippen LogP contribution < -0.4 is 10.5 Å². The number of hydrogen-bond donors (Lipinski definition) is 2. The summed E-state index contributed by atoms with van der Waals surface area (Å²) in [7, 11) is -3.32. The van der Waals surface area contributed by atoms with E-state index < -0.39 is 10.2 Å². The molecule has 6 heteroatoms. The molecule has 0 aromatic heterocycles. The fraction of sp³-hybridized carbons (Fsp3) is 1.00. The van der Waals surface area contributed by atoms with Crippen molar-refractivity contribution in [1.29, 1.82) is 0 Å². The van der Waals surface area contributed by atoms with Gasteiger partial charge in [0.25, 0.3) is 10.2 Å². The molecule has 1 saturated heterocycles. The van der Waals surface area contributed by atoms with Crippen LogP contribution in [0, 0.1) is 5.92 Å². The Balaban J connectivity index is 1.79. The normalized spacial score (nSPS) is 26.4. The first-order chi connectivity index (χ1) is 8.63. The van der Waals surface area contributed by atoms with E-state index in [9.17, 15) is 8.42 Å². The number of hydrogen-bond acceptors (Lipinski definition) is 3. The molecular weight excluding hydrogens is 250 g/mol. The summed E-state index contributed by atoms with van der Waals surface area (Å²) in [5.41, 5.74) is 5.66. The minimum Gasteiger partial charge on any atom is -0.329 e. The number of nitrogens with zero attached hydrogens (tertiary/aromatic N) is 1. The highest BCUT2D eigenvalue weighted by Gasteiger charge is 2.31. The molecule has 0 amide bonds. The highest BCUT2D eigenvalue weighted by molar-refractivity contribution is 7.87. The topological polar surface area (TPSA) is 75.4 Å². The third kappa shape index (κ3) is 3.91. The molecule has 0 spiro atoms. The van der Waals surface area contributed by atoms with Crippen molar-refractivity contribution in [2.45, 2.75) is 51.0 Å². The Morgan fingerprint density at radius 1 is 1.22 bits per heavy atom. The van der Waals surface area contributed by atoms with Crippen LogP contribution in [0.25, 0.3) is 0 Å². The van der Waals surface area contributed by atoms with Crippen molar-refractivity contribution in [3.63, 3.8) is 0 Å². The van der Waals surface area contributed by atoms with E-state index in [0.29, 0.717) is 19.6 Å². The molecule has 0 aromatic rings. The number of piperidine rings is 1. The van der Waals surface area contributed by atoms with Crippen molar-refractivity contribution in [2.24, 2.45) is 11.7 Å². The van der Waals surface area contributed by atoms with Gasteiger partial charge in [-0.25, -0.2) is 4.72 Å². The summed E-state index contributed by atoms with van der Waals surface area (Å²) in [6.45, 7) is 1.59. The highest BCUT2D eigenvalue weighted by Crippen LogP contribution is 2.33. The molecule has 18 heavy (non-hydrogen) atoms. The third-order valence-corrected chi connectivity index (χ3v) is 5.59. The molecule has 1 heterocycles. The lowest BCUT2D eigenvalue weighted by atomic mass is 10.1. The summed E-state index contributed by atoms with van der Waals surface area (Å²) in [5.74, 6) is 0.862. The standard InChI is InChI=1S/C12H25N3O2S/c13-10-12-5-1-2-9-15(12)18(16,17)14-8-3-4-11-6-7-11/h11-12,14H,1-10,13H2. The van der Waals surface area contributed by atoms with Gasteiger partial charge < -0.3 is 5.73 Å². The van der Waals surface area contributed by atoms with Gasteiger partial charge in [-0.05, 0) is 31.6 Å². The van der Waals surface area contributed by atoms with E-state index >= 15 is 0 Å². The van der Waals surface area contributed by atoms with E-state index in [0.717, 1.165) is 38.0 Å². The second-order valence-electron chi connectivity index (χ2n) is 5.48. The van der Waals surface area contributed by atoms with E-state index in [1.54, 1.807) is 4.31 Å². The number of rotatable bonds is 7. The molecule has 0 bridgehead atoms. The zero-order chi connectivity index (χ0) is 13.0. The van der Waals surface area contributed by atoms with Crippen LogP contribution in [0.2, 0.25) is 0 Å². The van der Waals surface area contributed by atoms with E-state index in [1.165, 1.54) is 12.8 Å². The summed E-state index contributed by atoms with van der Waals surface area (Å²) in [6, 6.07) is -0.0142. The van der Waals surface area contributed by atoms with Gasteiger partial charge in [-0.2, -0.15) is 12.7 Å². The Morgan fingerprint density at radius 2 is 2.00 bits per heavy atom. The highest BCUT2D eigenvalue weighted by atomic mass is 32.2. The van der Waals surface area contributed by atoms with Gasteiger partial charge in [0.2, 0.25) is 0 Å². The van der Waals surface area contributed by atoms with Crippen LogP contribution in [0.1, 0.15) is 44.9 Å². The predicted octanol–water partition coefficient (Wildman–Crippen LogP) is 0.824. The molecule has 106 valence electrons. The maximum Gasteiger partial charge on any atom is 0.279 e. The predicted molar refractivity (Wildman–Crippen MR) is 72.3 cm³/mol. The van der Waals surface area contributed by atoms with E-state index in [-0.39, 0.29) is 6.04 Å². The molecule has 1 aliphatic heterocycles. The third-order valence-electron chi connectivity index (χ3n) is 3.92. The molecule has 3 N–H and O–H groups in total. The lowest BCUT2D eigenvalue weighted by Crippen LogP contribution is -2.51. The van der Waals surface area contributed by atoms with E-state index in [1.807, 2.05) is 0 Å². The molecule has 1 saturated carbocycles. The molecule has 2 rings (SSSR count). The summed E-state index contributed by atoms with van der Waals surface area (Å²) >= 11 is 0. The van der Waals surface area contributed by atoms with E-state index in [4.69, 9.17) is 5.73 Å². The van der Waals surface area contributed by atoms with Gasteiger partial charge in [0.15, 0.2) is 0 Å². The van der Waals surface area contributed by atoms with Crippen molar-refractivity contribution >= 4 is 10.2 Å². The van der Waals surface area contributed by atoms with Gasteiger partial charge in [0.05, 0.1) is 0 Å². The van der Waals surface area contributed by atoms with Gasteiger partial charge in [0.1, 0.15) is 0 Å². The van der Waals surface area contributed by atoms with Crippen LogP contribution in [0.5, 0.6) is 0 Å². The molecule has 0 radical (unpaired) electrons. The summed E-state index contributed by atoms with van der Waals surface area (Å²) in [5, 5.41) is 0. The Bertz CT molecular complexity index is 354. The van der Waals surface area contributed by atoms with Gasteiger partial charge >= 0.3 is 0 Å². The van der Waals surface area contributed by atoms with Crippen molar-refractivity contribution in [3.05, 3.63) is 0 Å². The van der Waals surface area contributed by atoms with Gasteiger partial charge in [0, 0.05) is 25.7 Å². The number of nitrogens with one attached hydrogen (secondary N) is 1. The van der Waals surface area contributed by atoms with Gasteiger partial charge in [-0.15, -0.1) is 0 Å². The summed E-state index contributed by atoms with van der Waals surface area (Å²) < 4.78 is 28.6. The van der Waals surface area contributed by atoms with Crippen LogP contribution in [0.15, 0.2) is 0 Å². The molecule has 5 nitrogen and oxygen atoms in total. The van der Waals surface area contributed by atoms with Crippen LogP contribution in [0.4, 0.5) is 0 Å². The Kier molecular flexibility index (Phi) is 5.00. The molecule has 0 aromatic carbocycles. The summed E-state index contributed by atoms with van der Waals surface area (Å²) in [4.78, 5) is 0. The first-order valence-electron chi connectivity index (χ1n) is 7.10. The van der Waals surface area contributed by atoms with Crippen molar-refractivity contribution in [1.82, 2.24) is 9.03 Å². The zero-order valence-electron chi connectivity index (χ0n) is 11.0. The fourth-order valence-corrected chi connectivity index (χ4v) is 4.13. The lowest BCUT2D eigenvalue weighted by molar-refractivity contribution is 0.254. The Labute approximate surface area is 110 Å². The average molecular weight is 275 g/mol. The maximum absolute atomic E-state index is 12.2. The fourth-order valence-electron chi connectivity index (χ4n) is 2.61. The SMILES string of the molecule is NCC1CCCCN1S(=O)(=O)NCCCC1CC1. The Morgan fingerprint density at radius 3 is 2.67 bits per heavy atom. The molecular formula is C12H25N3O2S. The van der Waals surface area contributed by atoms with E-state index in [2.05, 4.69) is 4.72 Å². The first kappa shape index (κ1) is 14.2. The van der Waals surface area contributed by atoms with Gasteiger partial charge in [-0.3, -0.25) is 0 Å². The molecule has 1 unspecified atom stereocenters.